The Kier molecular flexibility index (Phi) is 5.45. The van der Waals surface area contributed by atoms with Gasteiger partial charge in [0.1, 0.15) is 0 Å². The first-order valence-corrected chi connectivity index (χ1v) is 7.77. The summed E-state index contributed by atoms with van der Waals surface area (Å²) in [6.45, 7) is 6.32. The summed E-state index contributed by atoms with van der Waals surface area (Å²) in [4.78, 5) is 12.1. The molecule has 0 fully saturated rings. The molecule has 0 unspecified atom stereocenters. The van der Waals surface area contributed by atoms with E-state index in [1.54, 1.807) is 6.07 Å². The Labute approximate surface area is 136 Å². The quantitative estimate of drug-likeness (QED) is 0.848. The van der Waals surface area contributed by atoms with E-state index < -0.39 is 0 Å². The molecular formula is C18H21ClN2O. The second-order valence-electron chi connectivity index (χ2n) is 5.32. The highest BCUT2D eigenvalue weighted by Gasteiger charge is 2.08. The Balaban J connectivity index is 2.03. The Hall–Kier alpha value is -2.00. The van der Waals surface area contributed by atoms with Crippen LogP contribution < -0.4 is 10.6 Å². The van der Waals surface area contributed by atoms with E-state index in [0.717, 1.165) is 28.9 Å². The van der Waals surface area contributed by atoms with Crippen molar-refractivity contribution >= 4 is 28.9 Å². The van der Waals surface area contributed by atoms with Crippen LogP contribution in [0.4, 0.5) is 11.4 Å². The van der Waals surface area contributed by atoms with Gasteiger partial charge < -0.3 is 10.6 Å². The van der Waals surface area contributed by atoms with Gasteiger partial charge in [0.15, 0.2) is 0 Å². The van der Waals surface area contributed by atoms with Crippen molar-refractivity contribution in [3.63, 3.8) is 0 Å². The topological polar surface area (TPSA) is 41.1 Å². The molecular weight excluding hydrogens is 296 g/mol. The third-order valence-electron chi connectivity index (χ3n) is 3.64. The lowest BCUT2D eigenvalue weighted by Crippen LogP contribution is -2.23. The van der Waals surface area contributed by atoms with Crippen molar-refractivity contribution in [2.24, 2.45) is 0 Å². The van der Waals surface area contributed by atoms with Gasteiger partial charge in [-0.15, -0.1) is 0 Å². The number of carbonyl (C=O) groups excluding carboxylic acids is 1. The van der Waals surface area contributed by atoms with Crippen LogP contribution in [0, 0.1) is 13.8 Å². The van der Waals surface area contributed by atoms with E-state index in [4.69, 9.17) is 11.6 Å². The van der Waals surface area contributed by atoms with Gasteiger partial charge in [-0.05, 0) is 49.1 Å². The zero-order chi connectivity index (χ0) is 16.1. The standard InChI is InChI=1S/C18H21ClN2O/c1-4-14-7-5-6-13(3)18(14)20-11-17(22)21-16-10-15(19)9-8-12(16)2/h5-10,20H,4,11H2,1-3H3,(H,21,22). The maximum Gasteiger partial charge on any atom is 0.243 e. The highest BCUT2D eigenvalue weighted by Crippen LogP contribution is 2.22. The van der Waals surface area contributed by atoms with Crippen molar-refractivity contribution in [3.05, 3.63) is 58.1 Å². The minimum Gasteiger partial charge on any atom is -0.376 e. The molecule has 0 radical (unpaired) electrons. The minimum atomic E-state index is -0.0873. The zero-order valence-electron chi connectivity index (χ0n) is 13.2. The van der Waals surface area contributed by atoms with Crippen molar-refractivity contribution in [3.8, 4) is 0 Å². The molecule has 0 saturated carbocycles. The molecule has 116 valence electrons. The normalized spacial score (nSPS) is 10.4. The monoisotopic (exact) mass is 316 g/mol. The fourth-order valence-electron chi connectivity index (χ4n) is 2.37. The van der Waals surface area contributed by atoms with Gasteiger partial charge in [-0.25, -0.2) is 0 Å². The Morgan fingerprint density at radius 3 is 2.64 bits per heavy atom. The third-order valence-corrected chi connectivity index (χ3v) is 3.87. The van der Waals surface area contributed by atoms with Gasteiger partial charge in [0.2, 0.25) is 5.91 Å². The van der Waals surface area contributed by atoms with Crippen LogP contribution in [-0.4, -0.2) is 12.5 Å². The smallest absolute Gasteiger partial charge is 0.243 e. The molecule has 0 atom stereocenters. The van der Waals surface area contributed by atoms with Gasteiger partial charge in [-0.3, -0.25) is 4.79 Å². The summed E-state index contributed by atoms with van der Waals surface area (Å²) >= 11 is 5.97. The highest BCUT2D eigenvalue weighted by atomic mass is 35.5. The lowest BCUT2D eigenvalue weighted by Gasteiger charge is -2.14. The van der Waals surface area contributed by atoms with Crippen LogP contribution in [0.3, 0.4) is 0 Å². The predicted molar refractivity (Wildman–Crippen MR) is 93.9 cm³/mol. The minimum absolute atomic E-state index is 0.0873. The molecule has 0 aliphatic rings. The average molecular weight is 317 g/mol. The number of aryl methyl sites for hydroxylation is 3. The molecule has 0 aliphatic carbocycles. The van der Waals surface area contributed by atoms with Gasteiger partial charge in [-0.1, -0.05) is 42.8 Å². The first-order chi connectivity index (χ1) is 10.5. The fraction of sp³-hybridized carbons (Fsp3) is 0.278. The largest absolute Gasteiger partial charge is 0.376 e. The van der Waals surface area contributed by atoms with Crippen LogP contribution in [0.2, 0.25) is 5.02 Å². The summed E-state index contributed by atoms with van der Waals surface area (Å²) in [5, 5.41) is 6.75. The summed E-state index contributed by atoms with van der Waals surface area (Å²) in [5.74, 6) is -0.0873. The molecule has 0 aliphatic heterocycles. The molecule has 3 nitrogen and oxygen atoms in total. The van der Waals surface area contributed by atoms with Crippen molar-refractivity contribution in [2.75, 3.05) is 17.2 Å². The Bertz CT molecular complexity index is 683. The number of hydrogen-bond acceptors (Lipinski definition) is 2. The number of hydrogen-bond donors (Lipinski definition) is 2. The number of halogens is 1. The predicted octanol–water partition coefficient (Wildman–Crippen LogP) is 4.57. The lowest BCUT2D eigenvalue weighted by atomic mass is 10.1. The van der Waals surface area contributed by atoms with E-state index in [-0.39, 0.29) is 12.5 Å². The number of rotatable bonds is 5. The molecule has 0 spiro atoms. The van der Waals surface area contributed by atoms with Gasteiger partial charge in [-0.2, -0.15) is 0 Å². The van der Waals surface area contributed by atoms with Gasteiger partial charge >= 0.3 is 0 Å². The van der Waals surface area contributed by atoms with Gasteiger partial charge in [0.25, 0.3) is 0 Å². The van der Waals surface area contributed by atoms with E-state index >= 15 is 0 Å². The summed E-state index contributed by atoms with van der Waals surface area (Å²) in [6.07, 6.45) is 0.930. The molecule has 0 aromatic heterocycles. The van der Waals surface area contributed by atoms with Crippen LogP contribution >= 0.6 is 11.6 Å². The number of para-hydroxylation sites is 1. The van der Waals surface area contributed by atoms with E-state index in [0.29, 0.717) is 5.02 Å². The van der Waals surface area contributed by atoms with E-state index in [9.17, 15) is 4.79 Å². The molecule has 2 rings (SSSR count). The number of nitrogens with one attached hydrogen (secondary N) is 2. The first kappa shape index (κ1) is 16.4. The number of amides is 1. The molecule has 0 saturated heterocycles. The molecule has 2 N–H and O–H groups in total. The lowest BCUT2D eigenvalue weighted by molar-refractivity contribution is -0.114. The van der Waals surface area contributed by atoms with Crippen LogP contribution in [-0.2, 0) is 11.2 Å². The maximum absolute atomic E-state index is 12.1. The number of benzene rings is 2. The Morgan fingerprint density at radius 1 is 1.14 bits per heavy atom. The molecule has 0 bridgehead atoms. The summed E-state index contributed by atoms with van der Waals surface area (Å²) in [7, 11) is 0. The van der Waals surface area contributed by atoms with Crippen LogP contribution in [0.1, 0.15) is 23.6 Å². The molecule has 4 heteroatoms. The maximum atomic E-state index is 12.1. The average Bonchev–Trinajstić information content (AvgIpc) is 2.49. The van der Waals surface area contributed by atoms with E-state index in [2.05, 4.69) is 23.6 Å². The van der Waals surface area contributed by atoms with Crippen molar-refractivity contribution in [1.82, 2.24) is 0 Å². The van der Waals surface area contributed by atoms with Gasteiger partial charge in [0, 0.05) is 16.4 Å². The summed E-state index contributed by atoms with van der Waals surface area (Å²) in [5.41, 5.74) is 5.14. The second-order valence-corrected chi connectivity index (χ2v) is 5.76. The Morgan fingerprint density at radius 2 is 1.91 bits per heavy atom. The fourth-order valence-corrected chi connectivity index (χ4v) is 2.54. The molecule has 22 heavy (non-hydrogen) atoms. The molecule has 2 aromatic rings. The van der Waals surface area contributed by atoms with Gasteiger partial charge in [0.05, 0.1) is 6.54 Å². The van der Waals surface area contributed by atoms with E-state index in [1.807, 2.05) is 38.1 Å². The highest BCUT2D eigenvalue weighted by molar-refractivity contribution is 6.31. The molecule has 1 amide bonds. The van der Waals surface area contributed by atoms with E-state index in [1.165, 1.54) is 5.56 Å². The summed E-state index contributed by atoms with van der Waals surface area (Å²) in [6, 6.07) is 11.6. The second kappa shape index (κ2) is 7.32. The van der Waals surface area contributed by atoms with Crippen molar-refractivity contribution in [1.29, 1.82) is 0 Å². The third kappa shape index (κ3) is 4.01. The zero-order valence-corrected chi connectivity index (χ0v) is 13.9. The van der Waals surface area contributed by atoms with Crippen LogP contribution in [0.5, 0.6) is 0 Å². The van der Waals surface area contributed by atoms with Crippen molar-refractivity contribution in [2.45, 2.75) is 27.2 Å². The summed E-state index contributed by atoms with van der Waals surface area (Å²) < 4.78 is 0. The van der Waals surface area contributed by atoms with Crippen LogP contribution in [0.25, 0.3) is 0 Å². The SMILES string of the molecule is CCc1cccc(C)c1NCC(=O)Nc1cc(Cl)ccc1C. The molecule has 2 aromatic carbocycles. The first-order valence-electron chi connectivity index (χ1n) is 7.39. The number of carbonyl (C=O) groups is 1. The molecule has 0 heterocycles. The number of anilines is 2. The van der Waals surface area contributed by atoms with Crippen LogP contribution in [0.15, 0.2) is 36.4 Å². The van der Waals surface area contributed by atoms with Crippen molar-refractivity contribution < 1.29 is 4.79 Å².